The quantitative estimate of drug-likeness (QED) is 0.744. The zero-order valence-electron chi connectivity index (χ0n) is 11.8. The van der Waals surface area contributed by atoms with Crippen LogP contribution in [0.15, 0.2) is 6.33 Å². The molecule has 1 aromatic heterocycles. The van der Waals surface area contributed by atoms with Gasteiger partial charge in [0, 0.05) is 19.2 Å². The van der Waals surface area contributed by atoms with Gasteiger partial charge in [0.1, 0.15) is 18.0 Å². The fourth-order valence-electron chi connectivity index (χ4n) is 1.67. The second kappa shape index (κ2) is 7.87. The van der Waals surface area contributed by atoms with Crippen molar-refractivity contribution in [3.8, 4) is 0 Å². The second-order valence-electron chi connectivity index (χ2n) is 4.33. The molecule has 0 aliphatic heterocycles. The molecule has 5 heteroatoms. The average Bonchev–Trinajstić information content (AvgIpc) is 2.39. The van der Waals surface area contributed by atoms with Crippen LogP contribution in [0.2, 0.25) is 0 Å². The van der Waals surface area contributed by atoms with Crippen molar-refractivity contribution < 1.29 is 4.74 Å². The van der Waals surface area contributed by atoms with Crippen LogP contribution < -0.4 is 10.6 Å². The molecular formula is C13H24N4O. The predicted molar refractivity (Wildman–Crippen MR) is 75.1 cm³/mol. The van der Waals surface area contributed by atoms with E-state index in [-0.39, 0.29) is 6.04 Å². The van der Waals surface area contributed by atoms with Crippen molar-refractivity contribution in [2.24, 2.45) is 0 Å². The Labute approximate surface area is 109 Å². The van der Waals surface area contributed by atoms with Crippen molar-refractivity contribution in [2.75, 3.05) is 30.9 Å². The summed E-state index contributed by atoms with van der Waals surface area (Å²) in [6.07, 6.45) is 3.66. The third kappa shape index (κ3) is 4.14. The number of nitrogens with zero attached hydrogens (tertiary/aromatic N) is 2. The van der Waals surface area contributed by atoms with Crippen molar-refractivity contribution >= 4 is 11.6 Å². The summed E-state index contributed by atoms with van der Waals surface area (Å²) < 4.78 is 5.18. The van der Waals surface area contributed by atoms with Crippen LogP contribution in [-0.2, 0) is 4.74 Å². The lowest BCUT2D eigenvalue weighted by Crippen LogP contribution is -2.25. The van der Waals surface area contributed by atoms with E-state index in [1.807, 2.05) is 6.92 Å². The van der Waals surface area contributed by atoms with Crippen LogP contribution in [0.1, 0.15) is 32.3 Å². The highest BCUT2D eigenvalue weighted by atomic mass is 16.5. The zero-order valence-corrected chi connectivity index (χ0v) is 11.8. The maximum atomic E-state index is 5.18. The Bertz CT molecular complexity index is 357. The van der Waals surface area contributed by atoms with E-state index in [4.69, 9.17) is 4.74 Å². The molecular weight excluding hydrogens is 228 g/mol. The van der Waals surface area contributed by atoms with Crippen LogP contribution in [0, 0.1) is 6.92 Å². The molecule has 0 bridgehead atoms. The van der Waals surface area contributed by atoms with Gasteiger partial charge in [-0.2, -0.15) is 0 Å². The highest BCUT2D eigenvalue weighted by Crippen LogP contribution is 2.19. The molecule has 0 saturated carbocycles. The van der Waals surface area contributed by atoms with Crippen molar-refractivity contribution in [2.45, 2.75) is 39.7 Å². The van der Waals surface area contributed by atoms with Gasteiger partial charge >= 0.3 is 0 Å². The monoisotopic (exact) mass is 252 g/mol. The first kappa shape index (κ1) is 14.7. The molecule has 0 radical (unpaired) electrons. The summed E-state index contributed by atoms with van der Waals surface area (Å²) in [5, 5.41) is 6.70. The SMILES string of the molecule is CCCNc1ncnc(NC(CC)COC)c1C. The van der Waals surface area contributed by atoms with Gasteiger partial charge in [-0.05, 0) is 19.8 Å². The molecule has 0 saturated heterocycles. The first-order chi connectivity index (χ1) is 8.72. The molecule has 2 N–H and O–H groups in total. The lowest BCUT2D eigenvalue weighted by molar-refractivity contribution is 0.184. The van der Waals surface area contributed by atoms with Crippen LogP contribution in [0.3, 0.4) is 0 Å². The van der Waals surface area contributed by atoms with Gasteiger partial charge in [-0.3, -0.25) is 0 Å². The van der Waals surface area contributed by atoms with Crippen LogP contribution in [0.5, 0.6) is 0 Å². The molecule has 1 heterocycles. The summed E-state index contributed by atoms with van der Waals surface area (Å²) in [6.45, 7) is 7.89. The number of methoxy groups -OCH3 is 1. The van der Waals surface area contributed by atoms with Gasteiger partial charge in [0.25, 0.3) is 0 Å². The number of rotatable bonds is 8. The number of nitrogens with one attached hydrogen (secondary N) is 2. The minimum Gasteiger partial charge on any atom is -0.383 e. The Kier molecular flexibility index (Phi) is 6.43. The number of ether oxygens (including phenoxy) is 1. The fourth-order valence-corrected chi connectivity index (χ4v) is 1.67. The van der Waals surface area contributed by atoms with Crippen LogP contribution in [0.4, 0.5) is 11.6 Å². The van der Waals surface area contributed by atoms with Crippen molar-refractivity contribution in [1.29, 1.82) is 0 Å². The Hall–Kier alpha value is -1.36. The highest BCUT2D eigenvalue weighted by molar-refractivity contribution is 5.56. The number of hydrogen-bond acceptors (Lipinski definition) is 5. The molecule has 0 aliphatic carbocycles. The molecule has 1 aromatic rings. The van der Waals surface area contributed by atoms with Gasteiger partial charge in [-0.25, -0.2) is 9.97 Å². The Balaban J connectivity index is 2.75. The van der Waals surface area contributed by atoms with E-state index in [1.165, 1.54) is 0 Å². The fraction of sp³-hybridized carbons (Fsp3) is 0.692. The number of aromatic nitrogens is 2. The summed E-state index contributed by atoms with van der Waals surface area (Å²) in [5.41, 5.74) is 1.06. The minimum atomic E-state index is 0.280. The summed E-state index contributed by atoms with van der Waals surface area (Å²) in [6, 6.07) is 0.280. The van der Waals surface area contributed by atoms with Gasteiger partial charge in [0.15, 0.2) is 0 Å². The predicted octanol–water partition coefficient (Wildman–Crippen LogP) is 2.44. The average molecular weight is 252 g/mol. The van der Waals surface area contributed by atoms with E-state index in [0.717, 1.165) is 36.6 Å². The Morgan fingerprint density at radius 3 is 2.61 bits per heavy atom. The molecule has 0 aliphatic rings. The first-order valence-electron chi connectivity index (χ1n) is 6.53. The summed E-state index contributed by atoms with van der Waals surface area (Å²) in [5.74, 6) is 1.79. The highest BCUT2D eigenvalue weighted by Gasteiger charge is 2.11. The lowest BCUT2D eigenvalue weighted by Gasteiger charge is -2.19. The van der Waals surface area contributed by atoms with Gasteiger partial charge in [0.05, 0.1) is 12.6 Å². The largest absolute Gasteiger partial charge is 0.383 e. The van der Waals surface area contributed by atoms with E-state index in [1.54, 1.807) is 13.4 Å². The van der Waals surface area contributed by atoms with E-state index in [0.29, 0.717) is 6.61 Å². The van der Waals surface area contributed by atoms with Crippen molar-refractivity contribution in [3.63, 3.8) is 0 Å². The Morgan fingerprint density at radius 2 is 2.00 bits per heavy atom. The third-order valence-electron chi connectivity index (χ3n) is 2.83. The normalized spacial score (nSPS) is 12.2. The maximum absolute atomic E-state index is 5.18. The molecule has 5 nitrogen and oxygen atoms in total. The first-order valence-corrected chi connectivity index (χ1v) is 6.53. The molecule has 0 spiro atoms. The molecule has 0 amide bonds. The molecule has 1 rings (SSSR count). The number of anilines is 2. The molecule has 0 fully saturated rings. The molecule has 1 unspecified atom stereocenters. The maximum Gasteiger partial charge on any atom is 0.134 e. The van der Waals surface area contributed by atoms with Gasteiger partial charge in [0.2, 0.25) is 0 Å². The van der Waals surface area contributed by atoms with Crippen LogP contribution in [-0.4, -0.2) is 36.3 Å². The number of hydrogen-bond donors (Lipinski definition) is 2. The van der Waals surface area contributed by atoms with E-state index in [2.05, 4.69) is 34.4 Å². The van der Waals surface area contributed by atoms with E-state index < -0.39 is 0 Å². The van der Waals surface area contributed by atoms with Crippen LogP contribution >= 0.6 is 0 Å². The minimum absolute atomic E-state index is 0.280. The lowest BCUT2D eigenvalue weighted by atomic mass is 10.2. The van der Waals surface area contributed by atoms with Gasteiger partial charge in [-0.15, -0.1) is 0 Å². The smallest absolute Gasteiger partial charge is 0.134 e. The molecule has 18 heavy (non-hydrogen) atoms. The summed E-state index contributed by atoms with van der Waals surface area (Å²) in [4.78, 5) is 8.56. The van der Waals surface area contributed by atoms with Gasteiger partial charge < -0.3 is 15.4 Å². The Morgan fingerprint density at radius 1 is 1.28 bits per heavy atom. The molecule has 102 valence electrons. The standard InChI is InChI=1S/C13H24N4O/c1-5-7-14-12-10(3)13(16-9-15-12)17-11(6-2)8-18-4/h9,11H,5-8H2,1-4H3,(H2,14,15,16,17). The molecule has 0 aromatic carbocycles. The van der Waals surface area contributed by atoms with Crippen molar-refractivity contribution in [1.82, 2.24) is 9.97 Å². The third-order valence-corrected chi connectivity index (χ3v) is 2.83. The topological polar surface area (TPSA) is 59.1 Å². The second-order valence-corrected chi connectivity index (χ2v) is 4.33. The van der Waals surface area contributed by atoms with E-state index >= 15 is 0 Å². The molecule has 1 atom stereocenters. The van der Waals surface area contributed by atoms with Crippen LogP contribution in [0.25, 0.3) is 0 Å². The summed E-state index contributed by atoms with van der Waals surface area (Å²) >= 11 is 0. The van der Waals surface area contributed by atoms with E-state index in [9.17, 15) is 0 Å². The van der Waals surface area contributed by atoms with Gasteiger partial charge in [-0.1, -0.05) is 13.8 Å². The zero-order chi connectivity index (χ0) is 13.4. The summed E-state index contributed by atoms with van der Waals surface area (Å²) in [7, 11) is 1.71. The van der Waals surface area contributed by atoms with Crippen molar-refractivity contribution in [3.05, 3.63) is 11.9 Å².